The van der Waals surface area contributed by atoms with Crippen LogP contribution in [-0.2, 0) is 5.60 Å². The molecule has 0 unspecified atom stereocenters. The zero-order chi connectivity index (χ0) is 10.9. The second-order valence-electron chi connectivity index (χ2n) is 4.37. The largest absolute Gasteiger partial charge is 0.385 e. The van der Waals surface area contributed by atoms with Gasteiger partial charge in [0.05, 0.1) is 17.2 Å². The van der Waals surface area contributed by atoms with Crippen molar-refractivity contribution in [1.29, 1.82) is 5.26 Å². The van der Waals surface area contributed by atoms with E-state index in [9.17, 15) is 5.11 Å². The van der Waals surface area contributed by atoms with Crippen molar-refractivity contribution in [2.75, 3.05) is 0 Å². The lowest BCUT2D eigenvalue weighted by Gasteiger charge is -2.29. The molecule has 0 aromatic heterocycles. The molecule has 0 bridgehead atoms. The van der Waals surface area contributed by atoms with Crippen LogP contribution in [-0.4, -0.2) is 5.11 Å². The van der Waals surface area contributed by atoms with Crippen LogP contribution in [0.25, 0.3) is 0 Å². The number of hydrogen-bond donors (Lipinski definition) is 1. The van der Waals surface area contributed by atoms with Crippen LogP contribution in [0.3, 0.4) is 0 Å². The molecular weight excluding hydrogens is 186 g/mol. The third-order valence-electron chi connectivity index (χ3n) is 3.52. The van der Waals surface area contributed by atoms with Gasteiger partial charge in [0.2, 0.25) is 0 Å². The van der Waals surface area contributed by atoms with E-state index in [2.05, 4.69) is 13.0 Å². The Morgan fingerprint density at radius 2 is 2.20 bits per heavy atom. The Hall–Kier alpha value is -1.33. The highest BCUT2D eigenvalue weighted by atomic mass is 16.3. The number of nitrogens with zero attached hydrogens (tertiary/aromatic N) is 1. The van der Waals surface area contributed by atoms with E-state index in [1.54, 1.807) is 6.07 Å². The van der Waals surface area contributed by atoms with Crippen LogP contribution < -0.4 is 0 Å². The molecule has 0 radical (unpaired) electrons. The fourth-order valence-electron chi connectivity index (χ4n) is 2.52. The lowest BCUT2D eigenvalue weighted by atomic mass is 9.83. The van der Waals surface area contributed by atoms with Gasteiger partial charge < -0.3 is 5.11 Å². The van der Waals surface area contributed by atoms with E-state index in [0.717, 1.165) is 24.8 Å². The summed E-state index contributed by atoms with van der Waals surface area (Å²) in [5.74, 6) is 0.243. The molecule has 2 nitrogen and oxygen atoms in total. The average Bonchev–Trinajstić information content (AvgIpc) is 2.60. The second kappa shape index (κ2) is 3.67. The molecule has 1 saturated carbocycles. The number of rotatable bonds is 1. The Morgan fingerprint density at radius 3 is 2.80 bits per heavy atom. The third kappa shape index (κ3) is 1.53. The molecule has 1 aromatic rings. The monoisotopic (exact) mass is 201 g/mol. The maximum atomic E-state index is 10.6. The molecule has 0 saturated heterocycles. The first-order valence-electron chi connectivity index (χ1n) is 5.40. The lowest BCUT2D eigenvalue weighted by molar-refractivity contribution is 0.00424. The quantitative estimate of drug-likeness (QED) is 0.758. The van der Waals surface area contributed by atoms with E-state index in [-0.39, 0.29) is 5.92 Å². The van der Waals surface area contributed by atoms with Crippen molar-refractivity contribution in [2.24, 2.45) is 5.92 Å². The minimum absolute atomic E-state index is 0.243. The topological polar surface area (TPSA) is 44.0 Å². The van der Waals surface area contributed by atoms with Gasteiger partial charge in [-0.25, -0.2) is 0 Å². The van der Waals surface area contributed by atoms with Crippen molar-refractivity contribution in [3.63, 3.8) is 0 Å². The second-order valence-corrected chi connectivity index (χ2v) is 4.37. The first kappa shape index (κ1) is 10.2. The van der Waals surface area contributed by atoms with Gasteiger partial charge in [-0.2, -0.15) is 5.26 Å². The molecule has 1 fully saturated rings. The predicted molar refractivity (Wildman–Crippen MR) is 58.1 cm³/mol. The Morgan fingerprint density at radius 1 is 1.47 bits per heavy atom. The van der Waals surface area contributed by atoms with Gasteiger partial charge in [-0.15, -0.1) is 0 Å². The van der Waals surface area contributed by atoms with Crippen LogP contribution in [0.4, 0.5) is 0 Å². The summed E-state index contributed by atoms with van der Waals surface area (Å²) in [5.41, 5.74) is 0.623. The van der Waals surface area contributed by atoms with Gasteiger partial charge >= 0.3 is 0 Å². The first-order valence-corrected chi connectivity index (χ1v) is 5.40. The van der Waals surface area contributed by atoms with Crippen LogP contribution in [0.15, 0.2) is 24.3 Å². The maximum Gasteiger partial charge on any atom is 0.0995 e. The molecule has 0 aliphatic heterocycles. The molecule has 0 amide bonds. The number of benzene rings is 1. The molecule has 1 N–H and O–H groups in total. The predicted octanol–water partition coefficient (Wildman–Crippen LogP) is 2.57. The van der Waals surface area contributed by atoms with Crippen LogP contribution in [0, 0.1) is 17.2 Å². The molecule has 78 valence electrons. The lowest BCUT2D eigenvalue weighted by Crippen LogP contribution is -2.29. The van der Waals surface area contributed by atoms with Crippen molar-refractivity contribution >= 4 is 0 Å². The highest BCUT2D eigenvalue weighted by Crippen LogP contribution is 2.44. The first-order chi connectivity index (χ1) is 7.18. The van der Waals surface area contributed by atoms with Crippen molar-refractivity contribution in [3.05, 3.63) is 35.4 Å². The summed E-state index contributed by atoms with van der Waals surface area (Å²) in [6, 6.07) is 9.54. The number of hydrogen-bond acceptors (Lipinski definition) is 2. The summed E-state index contributed by atoms with van der Waals surface area (Å²) >= 11 is 0. The van der Waals surface area contributed by atoms with Crippen LogP contribution in [0.5, 0.6) is 0 Å². The Balaban J connectivity index is 2.49. The third-order valence-corrected chi connectivity index (χ3v) is 3.52. The van der Waals surface area contributed by atoms with E-state index < -0.39 is 5.60 Å². The minimum atomic E-state index is -0.785. The Labute approximate surface area is 90.2 Å². The van der Waals surface area contributed by atoms with Gasteiger partial charge in [-0.3, -0.25) is 0 Å². The summed E-state index contributed by atoms with van der Waals surface area (Å²) in [5, 5.41) is 19.6. The fraction of sp³-hybridized carbons (Fsp3) is 0.462. The van der Waals surface area contributed by atoms with Crippen molar-refractivity contribution in [1.82, 2.24) is 0 Å². The summed E-state index contributed by atoms with van der Waals surface area (Å²) in [7, 11) is 0. The van der Waals surface area contributed by atoms with Crippen molar-refractivity contribution in [2.45, 2.75) is 31.8 Å². The number of nitriles is 1. The molecule has 1 aromatic carbocycles. The zero-order valence-electron chi connectivity index (χ0n) is 8.90. The van der Waals surface area contributed by atoms with Crippen molar-refractivity contribution < 1.29 is 5.11 Å². The average molecular weight is 201 g/mol. The SMILES string of the molecule is C[C@@H]1CCC[C@@]1(O)c1ccccc1C#N. The van der Waals surface area contributed by atoms with Gasteiger partial charge in [0.25, 0.3) is 0 Å². The minimum Gasteiger partial charge on any atom is -0.385 e. The van der Waals surface area contributed by atoms with Gasteiger partial charge in [-0.05, 0) is 31.2 Å². The van der Waals surface area contributed by atoms with Crippen LogP contribution in [0.1, 0.15) is 37.3 Å². The molecule has 2 rings (SSSR count). The molecule has 1 aliphatic rings. The molecule has 2 atom stereocenters. The molecule has 15 heavy (non-hydrogen) atoms. The van der Waals surface area contributed by atoms with Gasteiger partial charge in [0.1, 0.15) is 0 Å². The summed E-state index contributed by atoms with van der Waals surface area (Å²) in [6.45, 7) is 2.06. The van der Waals surface area contributed by atoms with E-state index in [0.29, 0.717) is 5.56 Å². The molecule has 0 heterocycles. The summed E-state index contributed by atoms with van der Waals surface area (Å²) in [6.07, 6.45) is 2.85. The van der Waals surface area contributed by atoms with Crippen molar-refractivity contribution in [3.8, 4) is 6.07 Å². The highest BCUT2D eigenvalue weighted by Gasteiger charge is 2.40. The highest BCUT2D eigenvalue weighted by molar-refractivity contribution is 5.41. The normalized spacial score (nSPS) is 30.1. The molecule has 2 heteroatoms. The fourth-order valence-corrected chi connectivity index (χ4v) is 2.52. The Bertz CT molecular complexity index is 407. The zero-order valence-corrected chi connectivity index (χ0v) is 8.90. The standard InChI is InChI=1S/C13H15NO/c1-10-5-4-8-13(10,15)12-7-3-2-6-11(12)9-14/h2-3,6-7,10,15H,4-5,8H2,1H3/t10-,13+/m1/s1. The molecule has 1 aliphatic carbocycles. The van der Waals surface area contributed by atoms with Gasteiger partial charge in [0, 0.05) is 5.56 Å². The van der Waals surface area contributed by atoms with E-state index in [1.807, 2.05) is 18.2 Å². The number of aliphatic hydroxyl groups is 1. The molecule has 0 spiro atoms. The Kier molecular flexibility index (Phi) is 2.50. The van der Waals surface area contributed by atoms with Gasteiger partial charge in [-0.1, -0.05) is 25.1 Å². The maximum absolute atomic E-state index is 10.6. The van der Waals surface area contributed by atoms with Crippen LogP contribution >= 0.6 is 0 Å². The van der Waals surface area contributed by atoms with E-state index >= 15 is 0 Å². The summed E-state index contributed by atoms with van der Waals surface area (Å²) < 4.78 is 0. The van der Waals surface area contributed by atoms with E-state index in [1.165, 1.54) is 0 Å². The molecular formula is C13H15NO. The van der Waals surface area contributed by atoms with Crippen LogP contribution in [0.2, 0.25) is 0 Å². The van der Waals surface area contributed by atoms with Gasteiger partial charge in [0.15, 0.2) is 0 Å². The smallest absolute Gasteiger partial charge is 0.0995 e. The van der Waals surface area contributed by atoms with E-state index in [4.69, 9.17) is 5.26 Å². The summed E-state index contributed by atoms with van der Waals surface area (Å²) in [4.78, 5) is 0.